The van der Waals surface area contributed by atoms with E-state index in [-0.39, 0.29) is 12.5 Å². The van der Waals surface area contributed by atoms with Gasteiger partial charge in [0.2, 0.25) is 5.91 Å². The van der Waals surface area contributed by atoms with Crippen molar-refractivity contribution in [2.45, 2.75) is 206 Å². The van der Waals surface area contributed by atoms with Crippen molar-refractivity contribution in [2.24, 2.45) is 0 Å². The molecule has 0 bridgehead atoms. The Morgan fingerprint density at radius 1 is 0.431 bits per heavy atom. The number of rotatable bonds is 41. The first kappa shape index (κ1) is 54.8. The highest BCUT2D eigenvalue weighted by Crippen LogP contribution is 2.13. The normalized spacial score (nSPS) is 14.1. The van der Waals surface area contributed by atoms with Gasteiger partial charge < -0.3 is 15.5 Å². The van der Waals surface area contributed by atoms with E-state index in [9.17, 15) is 15.0 Å². The van der Waals surface area contributed by atoms with Crippen LogP contribution in [0.4, 0.5) is 0 Å². The number of carbonyl (C=O) groups excluding carboxylic acids is 1. The molecule has 0 aromatic carbocycles. The Morgan fingerprint density at radius 2 is 0.759 bits per heavy atom. The van der Waals surface area contributed by atoms with E-state index >= 15 is 0 Å². The molecule has 328 valence electrons. The summed E-state index contributed by atoms with van der Waals surface area (Å²) in [6.45, 7) is 4.14. The number of unbranched alkanes of at least 4 members (excludes halogenated alkanes) is 16. The summed E-state index contributed by atoms with van der Waals surface area (Å²) < 4.78 is 0. The van der Waals surface area contributed by atoms with Crippen LogP contribution in [0.5, 0.6) is 0 Å². The number of allylic oxidation sites excluding steroid dienone is 19. The van der Waals surface area contributed by atoms with Gasteiger partial charge in [0, 0.05) is 6.42 Å². The minimum absolute atomic E-state index is 0.0794. The Kier molecular flexibility index (Phi) is 45.5. The van der Waals surface area contributed by atoms with Crippen molar-refractivity contribution >= 4 is 5.91 Å². The summed E-state index contributed by atoms with van der Waals surface area (Å²) in [5.41, 5.74) is 0. The Balaban J connectivity index is 3.62. The van der Waals surface area contributed by atoms with E-state index in [4.69, 9.17) is 0 Å². The lowest BCUT2D eigenvalue weighted by Gasteiger charge is -2.20. The van der Waals surface area contributed by atoms with Crippen molar-refractivity contribution in [1.29, 1.82) is 0 Å². The van der Waals surface area contributed by atoms with Crippen LogP contribution in [0.1, 0.15) is 194 Å². The van der Waals surface area contributed by atoms with Crippen LogP contribution in [0.15, 0.2) is 122 Å². The number of hydrogen-bond donors (Lipinski definition) is 3. The van der Waals surface area contributed by atoms with E-state index in [0.29, 0.717) is 6.42 Å². The molecule has 0 fully saturated rings. The zero-order valence-electron chi connectivity index (χ0n) is 37.5. The van der Waals surface area contributed by atoms with Crippen molar-refractivity contribution in [3.8, 4) is 0 Å². The molecule has 0 aliphatic heterocycles. The maximum absolute atomic E-state index is 12.3. The molecule has 4 heteroatoms. The van der Waals surface area contributed by atoms with E-state index in [1.807, 2.05) is 6.08 Å². The third-order valence-corrected chi connectivity index (χ3v) is 9.95. The molecule has 0 aliphatic carbocycles. The minimum atomic E-state index is -0.846. The van der Waals surface area contributed by atoms with Crippen LogP contribution in [0, 0.1) is 0 Å². The van der Waals surface area contributed by atoms with Crippen molar-refractivity contribution in [3.05, 3.63) is 122 Å². The number of nitrogens with one attached hydrogen (secondary N) is 1. The zero-order valence-corrected chi connectivity index (χ0v) is 37.5. The van der Waals surface area contributed by atoms with Crippen molar-refractivity contribution < 1.29 is 15.0 Å². The Labute approximate surface area is 358 Å². The van der Waals surface area contributed by atoms with Gasteiger partial charge in [-0.15, -0.1) is 0 Å². The van der Waals surface area contributed by atoms with E-state index in [1.54, 1.807) is 6.08 Å². The van der Waals surface area contributed by atoms with Crippen molar-refractivity contribution in [2.75, 3.05) is 6.61 Å². The fourth-order valence-corrected chi connectivity index (χ4v) is 6.34. The molecular weight excluding hydrogens is 711 g/mol. The molecule has 4 nitrogen and oxygen atoms in total. The van der Waals surface area contributed by atoms with E-state index < -0.39 is 12.1 Å². The quantitative estimate of drug-likeness (QED) is 0.0426. The van der Waals surface area contributed by atoms with Crippen LogP contribution >= 0.6 is 0 Å². The van der Waals surface area contributed by atoms with E-state index in [0.717, 1.165) is 89.9 Å². The fourth-order valence-electron chi connectivity index (χ4n) is 6.34. The molecule has 0 rings (SSSR count). The van der Waals surface area contributed by atoms with E-state index in [1.165, 1.54) is 83.5 Å². The molecule has 0 aromatic rings. The molecule has 2 unspecified atom stereocenters. The van der Waals surface area contributed by atoms with Gasteiger partial charge in [-0.05, 0) is 89.9 Å². The number of hydrogen-bond acceptors (Lipinski definition) is 3. The first-order chi connectivity index (χ1) is 28.7. The van der Waals surface area contributed by atoms with Crippen LogP contribution in [0.25, 0.3) is 0 Å². The number of carbonyl (C=O) groups is 1. The SMILES string of the molecule is CC/C=C\C/C=C\C/C=C\C/C=C\C/C=C\C/C=C\C/C=C\C/C=C\C/C=C\CCCCCCCCCCCC(=O)NC(CO)C(O)/C=C/CCCCCCCCC. The number of aliphatic hydroxyl groups is 2. The summed E-state index contributed by atoms with van der Waals surface area (Å²) in [7, 11) is 0. The highest BCUT2D eigenvalue weighted by molar-refractivity contribution is 5.76. The molecule has 0 radical (unpaired) electrons. The third kappa shape index (κ3) is 43.9. The van der Waals surface area contributed by atoms with Gasteiger partial charge in [0.15, 0.2) is 0 Å². The fraction of sp³-hybridized carbons (Fsp3) is 0.611. The average Bonchev–Trinajstić information content (AvgIpc) is 3.23. The first-order valence-corrected chi connectivity index (χ1v) is 23.7. The maximum Gasteiger partial charge on any atom is 0.220 e. The smallest absolute Gasteiger partial charge is 0.220 e. The van der Waals surface area contributed by atoms with Gasteiger partial charge in [-0.25, -0.2) is 0 Å². The summed E-state index contributed by atoms with van der Waals surface area (Å²) in [5, 5.41) is 22.9. The summed E-state index contributed by atoms with van der Waals surface area (Å²) in [6, 6.07) is -0.631. The summed E-state index contributed by atoms with van der Waals surface area (Å²) in [5.74, 6) is -0.0794. The lowest BCUT2D eigenvalue weighted by atomic mass is 10.0. The number of aliphatic hydroxyl groups excluding tert-OH is 2. The molecule has 2 atom stereocenters. The maximum atomic E-state index is 12.3. The topological polar surface area (TPSA) is 69.6 Å². The predicted octanol–water partition coefficient (Wildman–Crippen LogP) is 15.3. The lowest BCUT2D eigenvalue weighted by Crippen LogP contribution is -2.45. The minimum Gasteiger partial charge on any atom is -0.394 e. The van der Waals surface area contributed by atoms with Gasteiger partial charge in [0.1, 0.15) is 0 Å². The van der Waals surface area contributed by atoms with Gasteiger partial charge in [-0.1, -0.05) is 219 Å². The second kappa shape index (κ2) is 48.2. The molecule has 0 saturated carbocycles. The highest BCUT2D eigenvalue weighted by Gasteiger charge is 2.17. The summed E-state index contributed by atoms with van der Waals surface area (Å²) >= 11 is 0. The molecule has 58 heavy (non-hydrogen) atoms. The molecule has 0 spiro atoms. The Hall–Kier alpha value is -3.21. The van der Waals surface area contributed by atoms with Crippen LogP contribution in [-0.2, 0) is 4.79 Å². The average molecular weight is 800 g/mol. The summed E-state index contributed by atoms with van der Waals surface area (Å²) in [4.78, 5) is 12.3. The van der Waals surface area contributed by atoms with Gasteiger partial charge in [-0.2, -0.15) is 0 Å². The van der Waals surface area contributed by atoms with Crippen molar-refractivity contribution in [3.63, 3.8) is 0 Å². The van der Waals surface area contributed by atoms with Gasteiger partial charge >= 0.3 is 0 Å². The molecule has 0 heterocycles. The van der Waals surface area contributed by atoms with Crippen LogP contribution in [-0.4, -0.2) is 34.9 Å². The van der Waals surface area contributed by atoms with Gasteiger partial charge in [0.05, 0.1) is 18.8 Å². The number of amides is 1. The van der Waals surface area contributed by atoms with Crippen molar-refractivity contribution in [1.82, 2.24) is 5.32 Å². The molecular formula is C54H89NO3. The van der Waals surface area contributed by atoms with Crippen LogP contribution in [0.3, 0.4) is 0 Å². The van der Waals surface area contributed by atoms with Crippen LogP contribution in [0.2, 0.25) is 0 Å². The second-order valence-electron chi connectivity index (χ2n) is 15.4. The van der Waals surface area contributed by atoms with Gasteiger partial charge in [0.25, 0.3) is 0 Å². The standard InChI is InChI=1S/C54H89NO3/c1-3-5-7-9-11-13-14-15-16-17-18-19-20-21-22-23-24-25-26-27-28-29-30-31-32-33-34-35-36-37-38-39-40-42-44-46-48-50-54(58)55-52(51-56)53(57)49-47-45-43-41-12-10-8-6-4-2/h5,7,11,13,15-16,18-19,21-22,24-25,27-28,30-31,33-34,47,49,52-53,56-57H,3-4,6,8-10,12,14,17,20,23,26,29,32,35-46,48,50-51H2,1-2H3,(H,55,58)/b7-5-,13-11-,16-15-,19-18-,22-21-,25-24-,28-27-,31-30-,34-33-,49-47+. The second-order valence-corrected chi connectivity index (χ2v) is 15.4. The molecule has 0 aliphatic rings. The summed E-state index contributed by atoms with van der Waals surface area (Å²) in [6.07, 6.45) is 74.7. The molecule has 0 aromatic heterocycles. The monoisotopic (exact) mass is 800 g/mol. The zero-order chi connectivity index (χ0) is 42.1. The Bertz CT molecular complexity index is 1180. The van der Waals surface area contributed by atoms with E-state index in [2.05, 4.69) is 129 Å². The molecule has 0 saturated heterocycles. The first-order valence-electron chi connectivity index (χ1n) is 23.7. The predicted molar refractivity (Wildman–Crippen MR) is 257 cm³/mol. The molecule has 3 N–H and O–H groups in total. The third-order valence-electron chi connectivity index (χ3n) is 9.95. The van der Waals surface area contributed by atoms with Crippen LogP contribution < -0.4 is 5.32 Å². The van der Waals surface area contributed by atoms with Gasteiger partial charge in [-0.3, -0.25) is 4.79 Å². The lowest BCUT2D eigenvalue weighted by molar-refractivity contribution is -0.123. The largest absolute Gasteiger partial charge is 0.394 e. The Morgan fingerprint density at radius 3 is 1.14 bits per heavy atom. The molecule has 1 amide bonds. The highest BCUT2D eigenvalue weighted by atomic mass is 16.3.